The van der Waals surface area contributed by atoms with Crippen molar-refractivity contribution in [3.63, 3.8) is 0 Å². The van der Waals surface area contributed by atoms with Crippen molar-refractivity contribution in [3.8, 4) is 46.0 Å². The molecule has 5 aromatic rings. The monoisotopic (exact) mass is 1390 g/mol. The van der Waals surface area contributed by atoms with Gasteiger partial charge in [-0.15, -0.1) is 0 Å². The maximum atomic E-state index is 10.4. The molecule has 5 rings (SSSR count). The molecular weight excluding hydrogens is 1250 g/mol. The van der Waals surface area contributed by atoms with Gasteiger partial charge in [0, 0.05) is 17.2 Å². The van der Waals surface area contributed by atoms with Gasteiger partial charge in [0.05, 0.1) is 0 Å². The van der Waals surface area contributed by atoms with E-state index >= 15 is 0 Å². The van der Waals surface area contributed by atoms with Crippen molar-refractivity contribution in [3.05, 3.63) is 187 Å². The van der Waals surface area contributed by atoms with Crippen LogP contribution in [-0.2, 0) is 40.9 Å². The number of phenols is 8. The molecule has 0 fully saturated rings. The van der Waals surface area contributed by atoms with Crippen LogP contribution in [0.15, 0.2) is 131 Å². The highest BCUT2D eigenvalue weighted by Gasteiger charge is 2.27. The lowest BCUT2D eigenvalue weighted by Crippen LogP contribution is -2.18. The highest BCUT2D eigenvalue weighted by Crippen LogP contribution is 2.40. The third-order valence-corrected chi connectivity index (χ3v) is 19.4. The van der Waals surface area contributed by atoms with Crippen molar-refractivity contribution >= 4 is 0 Å². The molecule has 0 saturated heterocycles. The largest absolute Gasteiger partial charge is 0.508 e. The van der Waals surface area contributed by atoms with Crippen molar-refractivity contribution in [1.82, 2.24) is 0 Å². The second kappa shape index (κ2) is 42.7. The first-order valence-electron chi connectivity index (χ1n) is 37.9. The number of hydrogen-bond acceptors (Lipinski definition) is 8. The Bertz CT molecular complexity index is 3360. The maximum Gasteiger partial charge on any atom is 0.123 e. The molecular formula is C93H146O8. The number of hydrogen-bond donors (Lipinski definition) is 8. The molecule has 8 nitrogen and oxygen atoms in total. The van der Waals surface area contributed by atoms with E-state index in [9.17, 15) is 40.9 Å². The van der Waals surface area contributed by atoms with Gasteiger partial charge in [0.15, 0.2) is 0 Å². The first-order valence-corrected chi connectivity index (χ1v) is 37.9. The molecule has 8 N–H and O–H groups in total. The van der Waals surface area contributed by atoms with Crippen molar-refractivity contribution < 1.29 is 40.9 Å². The first kappa shape index (κ1) is 92.2. The van der Waals surface area contributed by atoms with Crippen LogP contribution in [0.1, 0.15) is 325 Å². The van der Waals surface area contributed by atoms with Gasteiger partial charge in [-0.2, -0.15) is 0 Å². The van der Waals surface area contributed by atoms with Crippen LogP contribution >= 0.6 is 0 Å². The van der Waals surface area contributed by atoms with Crippen LogP contribution in [0.3, 0.4) is 0 Å². The van der Waals surface area contributed by atoms with E-state index in [2.05, 4.69) is 223 Å². The van der Waals surface area contributed by atoms with Crippen molar-refractivity contribution in [2.75, 3.05) is 0 Å². The number of allylic oxidation sites excluding steroid dienone is 10. The summed E-state index contributed by atoms with van der Waals surface area (Å²) in [6.07, 6.45) is 30.0. The predicted molar refractivity (Wildman–Crippen MR) is 437 cm³/mol. The third-order valence-electron chi connectivity index (χ3n) is 19.4. The van der Waals surface area contributed by atoms with Gasteiger partial charge in [-0.25, -0.2) is 0 Å². The van der Waals surface area contributed by atoms with Crippen LogP contribution in [-0.4, -0.2) is 40.9 Å². The summed E-state index contributed by atoms with van der Waals surface area (Å²) >= 11 is 0. The molecule has 0 aliphatic heterocycles. The fourth-order valence-corrected chi connectivity index (χ4v) is 12.2. The van der Waals surface area contributed by atoms with Crippen LogP contribution in [0.25, 0.3) is 0 Å². The summed E-state index contributed by atoms with van der Waals surface area (Å²) in [5.74, 6) is 2.55. The quantitative estimate of drug-likeness (QED) is 0.0230. The summed E-state index contributed by atoms with van der Waals surface area (Å²) in [5.41, 5.74) is 17.6. The number of phenolic OH excluding ortho intramolecular Hbond substituents is 8. The third kappa shape index (κ3) is 37.8. The molecule has 0 bridgehead atoms. The topological polar surface area (TPSA) is 162 Å². The van der Waals surface area contributed by atoms with Crippen molar-refractivity contribution in [2.45, 2.75) is 331 Å². The Morgan fingerprint density at radius 2 is 0.723 bits per heavy atom. The fourth-order valence-electron chi connectivity index (χ4n) is 12.2. The van der Waals surface area contributed by atoms with Crippen LogP contribution < -0.4 is 0 Å². The fraction of sp³-hybridized carbons (Fsp3) is 0.570. The summed E-state index contributed by atoms with van der Waals surface area (Å²) in [7, 11) is 0. The zero-order chi connectivity index (χ0) is 77.6. The molecule has 101 heavy (non-hydrogen) atoms. The summed E-state index contributed by atoms with van der Waals surface area (Å²) in [6, 6.07) is 22.1. The van der Waals surface area contributed by atoms with Crippen LogP contribution in [0.2, 0.25) is 0 Å². The number of aromatic hydroxyl groups is 8. The van der Waals surface area contributed by atoms with Crippen LogP contribution in [0, 0.1) is 37.5 Å². The Morgan fingerprint density at radius 3 is 1.12 bits per heavy atom. The Kier molecular flexibility index (Phi) is 39.0. The molecule has 0 atom stereocenters. The summed E-state index contributed by atoms with van der Waals surface area (Å²) < 4.78 is 0. The number of benzene rings is 5. The van der Waals surface area contributed by atoms with Gasteiger partial charge in [0.25, 0.3) is 0 Å². The minimum Gasteiger partial charge on any atom is -0.508 e. The molecule has 0 heterocycles. The van der Waals surface area contributed by atoms with E-state index in [1.165, 1.54) is 82.7 Å². The standard InChI is InChI=1S/C26H38O2.C19H32O.C17H28O2.C16H24O.C15H24O2/c1-19(2)9-7-11-21(5)13-15-23-17-25(27)24(26(28)18-23)16-14-22(6)12-8-10-20(3)4;1-8-16-14(2)12-15(13-17(16)20)19(6,7)11-9-10-18(3,4)5;1-12-14(18)10-13(11-15(12)19)17(5,6)9-7-8-16(2,3)4;1-12(2)7-6-8-16(4,5)14-9-13(3)10-15(17)11-14;1-11(2)6-5-7-15(3,4)12-8-13(16)10-14(17)9-12/h9-10,13-14,17-18,27-28H,7-8,11-12,15-16H2,1-6H3;12-13,20H,8-11H2,1-7H3;10-11,18-19H,7-9H2,1-6H3;7,9-11,17H,6,8H2,1-5H3;8-11,16-17H,5-7H2,1-4H3/b21-13+,22-14+;;;;. The van der Waals surface area contributed by atoms with Crippen LogP contribution in [0.4, 0.5) is 0 Å². The number of aryl methyl sites for hydroxylation is 2. The van der Waals surface area contributed by atoms with Crippen LogP contribution in [0.5, 0.6) is 46.0 Å². The van der Waals surface area contributed by atoms with E-state index < -0.39 is 0 Å². The molecule has 0 aliphatic rings. The SMILES string of the molecule is CC(C)=CCC/C(C)=C/Cc1cc(O)c(C/C=C(\C)CCC=C(C)C)c(O)c1.CC(C)=CCCC(C)(C)c1cc(C)cc(O)c1.CC(C)CCCC(C)(C)c1cc(O)cc(O)c1.CCc1c(C)cc(C(C)(C)CCCC(C)(C)C)cc1O.Cc1c(O)cc(C(C)(C)CCCC(C)(C)C)cc1O. The Hall–Kier alpha value is -6.80. The van der Waals surface area contributed by atoms with Gasteiger partial charge >= 0.3 is 0 Å². The highest BCUT2D eigenvalue weighted by molar-refractivity contribution is 5.50. The molecule has 0 saturated carbocycles. The molecule has 0 amide bonds. The molecule has 5 aromatic carbocycles. The minimum atomic E-state index is -0.0338. The molecule has 0 radical (unpaired) electrons. The molecule has 566 valence electrons. The lowest BCUT2D eigenvalue weighted by atomic mass is 9.77. The lowest BCUT2D eigenvalue weighted by Gasteiger charge is -2.28. The van der Waals surface area contributed by atoms with E-state index in [1.807, 2.05) is 19.1 Å². The Balaban J connectivity index is 0.000000640. The molecule has 0 unspecified atom stereocenters. The average Bonchev–Trinajstić information content (AvgIpc) is 0.825. The number of rotatable bonds is 28. The average molecular weight is 1390 g/mol. The summed E-state index contributed by atoms with van der Waals surface area (Å²) in [5, 5.41) is 79.3. The maximum absolute atomic E-state index is 10.4. The van der Waals surface area contributed by atoms with E-state index in [-0.39, 0.29) is 56.2 Å². The van der Waals surface area contributed by atoms with Gasteiger partial charge < -0.3 is 40.9 Å². The molecule has 0 aliphatic carbocycles. The van der Waals surface area contributed by atoms with E-state index in [0.717, 1.165) is 111 Å². The second-order valence-corrected chi connectivity index (χ2v) is 35.3. The van der Waals surface area contributed by atoms with E-state index in [1.54, 1.807) is 49.4 Å². The normalized spacial score (nSPS) is 12.2. The smallest absolute Gasteiger partial charge is 0.123 e. The summed E-state index contributed by atoms with van der Waals surface area (Å²) in [6.45, 7) is 60.7. The molecule has 0 aromatic heterocycles. The first-order chi connectivity index (χ1) is 46.4. The molecule has 0 spiro atoms. The van der Waals surface area contributed by atoms with E-state index in [4.69, 9.17) is 0 Å². The van der Waals surface area contributed by atoms with Gasteiger partial charge in [0.1, 0.15) is 46.0 Å². The van der Waals surface area contributed by atoms with E-state index in [0.29, 0.717) is 39.9 Å². The highest BCUT2D eigenvalue weighted by atomic mass is 16.3. The van der Waals surface area contributed by atoms with Gasteiger partial charge in [-0.3, -0.25) is 0 Å². The zero-order valence-electron chi connectivity index (χ0n) is 69.2. The second-order valence-electron chi connectivity index (χ2n) is 35.3. The Morgan fingerprint density at radius 1 is 0.366 bits per heavy atom. The molecule has 8 heteroatoms. The van der Waals surface area contributed by atoms with Crippen molar-refractivity contribution in [1.29, 1.82) is 0 Å². The zero-order valence-corrected chi connectivity index (χ0v) is 69.2. The van der Waals surface area contributed by atoms with Gasteiger partial charge in [-0.05, 0) is 304 Å². The predicted octanol–water partition coefficient (Wildman–Crippen LogP) is 27.2. The minimum absolute atomic E-state index is 0.00882. The Labute approximate surface area is 618 Å². The van der Waals surface area contributed by atoms with Gasteiger partial charge in [-0.1, -0.05) is 214 Å². The summed E-state index contributed by atoms with van der Waals surface area (Å²) in [4.78, 5) is 0. The van der Waals surface area contributed by atoms with Gasteiger partial charge in [0.2, 0.25) is 0 Å². The lowest BCUT2D eigenvalue weighted by molar-refractivity contribution is 0.332. The van der Waals surface area contributed by atoms with Crippen molar-refractivity contribution in [2.24, 2.45) is 16.7 Å².